The van der Waals surface area contributed by atoms with Gasteiger partial charge in [-0.15, -0.1) is 0 Å². The van der Waals surface area contributed by atoms with Gasteiger partial charge in [0.05, 0.1) is 0 Å². The lowest BCUT2D eigenvalue weighted by molar-refractivity contribution is 0.670. The van der Waals surface area contributed by atoms with Crippen LogP contribution in [-0.4, -0.2) is 0 Å². The summed E-state index contributed by atoms with van der Waals surface area (Å²) < 4.78 is 6.93. The Morgan fingerprint density at radius 2 is 0.684 bits per heavy atom. The maximum atomic E-state index is 6.93. The predicted molar refractivity (Wildman–Crippen MR) is 243 cm³/mol. The Labute approximate surface area is 329 Å². The largest absolute Gasteiger partial charge is 0.455 e. The molecule has 0 fully saturated rings. The van der Waals surface area contributed by atoms with Crippen LogP contribution in [0.15, 0.2) is 211 Å². The van der Waals surface area contributed by atoms with Gasteiger partial charge in [-0.05, 0) is 105 Å². The van der Waals surface area contributed by atoms with Crippen LogP contribution in [-0.2, 0) is 0 Å². The fraction of sp³-hybridized carbons (Fsp3) is 0. The molecule has 1 nitrogen and oxygen atoms in total. The Bertz CT molecular complexity index is 3460. The van der Waals surface area contributed by atoms with Gasteiger partial charge in [0.2, 0.25) is 0 Å². The van der Waals surface area contributed by atoms with Gasteiger partial charge in [-0.25, -0.2) is 0 Å². The first-order chi connectivity index (χ1) is 28.3. The van der Waals surface area contributed by atoms with Crippen molar-refractivity contribution in [3.05, 3.63) is 206 Å². The summed E-state index contributed by atoms with van der Waals surface area (Å²) in [5.74, 6) is 0. The minimum Gasteiger partial charge on any atom is -0.455 e. The van der Waals surface area contributed by atoms with E-state index in [1.165, 1.54) is 92.8 Å². The van der Waals surface area contributed by atoms with Gasteiger partial charge >= 0.3 is 0 Å². The summed E-state index contributed by atoms with van der Waals surface area (Å²) in [4.78, 5) is 0. The first-order valence-corrected chi connectivity index (χ1v) is 19.7. The number of rotatable bonds is 4. The van der Waals surface area contributed by atoms with E-state index < -0.39 is 0 Å². The molecule has 0 aliphatic rings. The molecular formula is C56H34O. The molecule has 12 aromatic rings. The summed E-state index contributed by atoms with van der Waals surface area (Å²) >= 11 is 0. The zero-order chi connectivity index (χ0) is 37.5. The zero-order valence-corrected chi connectivity index (χ0v) is 31.0. The lowest BCUT2D eigenvalue weighted by Crippen LogP contribution is -1.91. The van der Waals surface area contributed by atoms with Crippen LogP contribution in [0.5, 0.6) is 0 Å². The van der Waals surface area contributed by atoms with Crippen molar-refractivity contribution in [1.29, 1.82) is 0 Å². The molecule has 0 saturated carbocycles. The molecule has 1 aromatic heterocycles. The van der Waals surface area contributed by atoms with Gasteiger partial charge in [0.1, 0.15) is 11.2 Å². The molecule has 0 unspecified atom stereocenters. The molecule has 11 aromatic carbocycles. The molecule has 57 heavy (non-hydrogen) atoms. The number of hydrogen-bond donors (Lipinski definition) is 0. The van der Waals surface area contributed by atoms with E-state index in [0.717, 1.165) is 27.5 Å². The number of hydrogen-bond acceptors (Lipinski definition) is 1. The maximum absolute atomic E-state index is 6.93. The minimum atomic E-state index is 0.886. The minimum absolute atomic E-state index is 0.886. The molecule has 0 saturated heterocycles. The van der Waals surface area contributed by atoms with Crippen molar-refractivity contribution in [3.63, 3.8) is 0 Å². The summed E-state index contributed by atoms with van der Waals surface area (Å²) in [6, 6.07) is 75.1. The van der Waals surface area contributed by atoms with Crippen LogP contribution in [0.25, 0.3) is 120 Å². The Kier molecular flexibility index (Phi) is 7.00. The van der Waals surface area contributed by atoms with Crippen LogP contribution in [0, 0.1) is 0 Å². The molecule has 0 amide bonds. The third-order valence-corrected chi connectivity index (χ3v) is 12.0. The second-order valence-electron chi connectivity index (χ2n) is 15.1. The molecule has 0 aliphatic carbocycles. The highest BCUT2D eigenvalue weighted by Gasteiger charge is 2.22. The highest BCUT2D eigenvalue weighted by atomic mass is 16.3. The summed E-state index contributed by atoms with van der Waals surface area (Å²) in [6.07, 6.45) is 0. The van der Waals surface area contributed by atoms with Gasteiger partial charge in [0, 0.05) is 21.9 Å². The van der Waals surface area contributed by atoms with Crippen LogP contribution < -0.4 is 0 Å². The van der Waals surface area contributed by atoms with Crippen LogP contribution in [0.3, 0.4) is 0 Å². The van der Waals surface area contributed by atoms with Gasteiger partial charge in [-0.3, -0.25) is 0 Å². The molecule has 1 heterocycles. The smallest absolute Gasteiger partial charge is 0.143 e. The van der Waals surface area contributed by atoms with Gasteiger partial charge in [-0.2, -0.15) is 0 Å². The molecule has 0 radical (unpaired) electrons. The van der Waals surface area contributed by atoms with Crippen molar-refractivity contribution >= 4 is 75.8 Å². The number of fused-ring (bicyclic) bond motifs is 8. The molecule has 12 rings (SSSR count). The van der Waals surface area contributed by atoms with Gasteiger partial charge < -0.3 is 4.42 Å². The lowest BCUT2D eigenvalue weighted by atomic mass is 9.85. The maximum Gasteiger partial charge on any atom is 0.143 e. The van der Waals surface area contributed by atoms with E-state index in [-0.39, 0.29) is 0 Å². The fourth-order valence-electron chi connectivity index (χ4n) is 9.58. The number of benzene rings is 11. The Morgan fingerprint density at radius 1 is 0.246 bits per heavy atom. The first-order valence-electron chi connectivity index (χ1n) is 19.7. The highest BCUT2D eigenvalue weighted by molar-refractivity contribution is 6.25. The molecular weight excluding hydrogens is 689 g/mol. The average molecular weight is 723 g/mol. The van der Waals surface area contributed by atoms with E-state index >= 15 is 0 Å². The second-order valence-corrected chi connectivity index (χ2v) is 15.1. The molecule has 0 aliphatic heterocycles. The molecule has 1 heteroatoms. The molecule has 0 bridgehead atoms. The average Bonchev–Trinajstić information content (AvgIpc) is 3.66. The monoisotopic (exact) mass is 722 g/mol. The van der Waals surface area contributed by atoms with E-state index in [4.69, 9.17) is 4.42 Å². The van der Waals surface area contributed by atoms with Crippen molar-refractivity contribution in [2.24, 2.45) is 0 Å². The lowest BCUT2D eigenvalue weighted by Gasteiger charge is -2.18. The molecule has 264 valence electrons. The first kappa shape index (κ1) is 31.8. The van der Waals surface area contributed by atoms with Gasteiger partial charge in [0.25, 0.3) is 0 Å². The standard InChI is InChI=1S/C56H34O/c1-2-16-36(17-3-1)52-44-23-10-12-25-46(44)55(47-26-13-11-24-45(47)52)49-28-14-27-48-50-34-39(31-32-51(50)57-56(48)49)54-42-21-8-6-19-40(42)53(41-20-7-9-22-43(41)54)38-30-29-35-15-4-5-18-37(35)33-38/h1-34H. The van der Waals surface area contributed by atoms with Crippen LogP contribution in [0.1, 0.15) is 0 Å². The van der Waals surface area contributed by atoms with Crippen LogP contribution >= 0.6 is 0 Å². The van der Waals surface area contributed by atoms with Gasteiger partial charge in [0.15, 0.2) is 0 Å². The van der Waals surface area contributed by atoms with Crippen LogP contribution in [0.2, 0.25) is 0 Å². The third-order valence-electron chi connectivity index (χ3n) is 12.0. The van der Waals surface area contributed by atoms with E-state index in [1.54, 1.807) is 0 Å². The van der Waals surface area contributed by atoms with Crippen molar-refractivity contribution in [1.82, 2.24) is 0 Å². The van der Waals surface area contributed by atoms with Crippen molar-refractivity contribution < 1.29 is 4.42 Å². The van der Waals surface area contributed by atoms with Gasteiger partial charge in [-0.1, -0.05) is 188 Å². The molecule has 0 N–H and O–H groups in total. The number of furan rings is 1. The van der Waals surface area contributed by atoms with E-state index in [1.807, 2.05) is 0 Å². The van der Waals surface area contributed by atoms with Crippen molar-refractivity contribution in [2.45, 2.75) is 0 Å². The fourth-order valence-corrected chi connectivity index (χ4v) is 9.58. The van der Waals surface area contributed by atoms with E-state index in [0.29, 0.717) is 0 Å². The zero-order valence-electron chi connectivity index (χ0n) is 31.0. The Hall–Kier alpha value is -7.48. The van der Waals surface area contributed by atoms with Crippen molar-refractivity contribution in [3.8, 4) is 44.5 Å². The molecule has 0 atom stereocenters. The normalized spacial score (nSPS) is 11.9. The predicted octanol–water partition coefficient (Wildman–Crippen LogP) is 16.0. The summed E-state index contributed by atoms with van der Waals surface area (Å²) in [6.45, 7) is 0. The summed E-state index contributed by atoms with van der Waals surface area (Å²) in [5.41, 5.74) is 11.5. The van der Waals surface area contributed by atoms with E-state index in [2.05, 4.69) is 206 Å². The SMILES string of the molecule is c1ccc(-c2c3ccccc3c(-c3cccc4c3oc3ccc(-c5c6ccccc6c(-c6ccc7ccccc7c6)c6ccccc56)cc34)c3ccccc23)cc1. The topological polar surface area (TPSA) is 13.1 Å². The van der Waals surface area contributed by atoms with E-state index in [9.17, 15) is 0 Å². The molecule has 0 spiro atoms. The highest BCUT2D eigenvalue weighted by Crippen LogP contribution is 2.48. The third kappa shape index (κ3) is 4.83. The summed E-state index contributed by atoms with van der Waals surface area (Å²) in [7, 11) is 0. The van der Waals surface area contributed by atoms with Crippen molar-refractivity contribution in [2.75, 3.05) is 0 Å². The Morgan fingerprint density at radius 3 is 1.26 bits per heavy atom. The Balaban J connectivity index is 1.10. The number of para-hydroxylation sites is 1. The summed E-state index contributed by atoms with van der Waals surface area (Å²) in [5, 5.41) is 14.6. The second kappa shape index (κ2) is 12.5. The quantitative estimate of drug-likeness (QED) is 0.165. The van der Waals surface area contributed by atoms with Crippen LogP contribution in [0.4, 0.5) is 0 Å².